The zero-order valence-corrected chi connectivity index (χ0v) is 13.6. The molecule has 1 saturated heterocycles. The van der Waals surface area contributed by atoms with Crippen molar-refractivity contribution >= 4 is 17.5 Å². The first kappa shape index (κ1) is 17.1. The van der Waals surface area contributed by atoms with E-state index in [1.54, 1.807) is 24.3 Å². The lowest BCUT2D eigenvalue weighted by Crippen LogP contribution is -2.31. The summed E-state index contributed by atoms with van der Waals surface area (Å²) in [5.74, 6) is -0.980. The van der Waals surface area contributed by atoms with Gasteiger partial charge in [0, 0.05) is 30.0 Å². The third-order valence-electron chi connectivity index (χ3n) is 4.00. The summed E-state index contributed by atoms with van der Waals surface area (Å²) >= 11 is 0. The normalized spacial score (nSPS) is 16.4. The first-order valence-electron chi connectivity index (χ1n) is 8.18. The standard InChI is InChI=1S/C19H19FN2O3/c20-15-8-6-13(7-9-15)19(24)22-16-4-1-3-14(11-16)18(23)21-12-17-5-2-10-25-17/h1,3-4,6-9,11,17H,2,5,10,12H2,(H,21,23)(H,22,24)/t17-/m0/s1. The molecule has 1 fully saturated rings. The molecule has 5 nitrogen and oxygen atoms in total. The van der Waals surface area contributed by atoms with E-state index in [-0.39, 0.29) is 17.9 Å². The molecular formula is C19H19FN2O3. The molecule has 2 N–H and O–H groups in total. The Morgan fingerprint density at radius 3 is 2.60 bits per heavy atom. The maximum Gasteiger partial charge on any atom is 0.255 e. The number of amides is 2. The molecule has 1 aliphatic heterocycles. The van der Waals surface area contributed by atoms with Crippen LogP contribution in [0.15, 0.2) is 48.5 Å². The van der Waals surface area contributed by atoms with Crippen molar-refractivity contribution < 1.29 is 18.7 Å². The van der Waals surface area contributed by atoms with Crippen molar-refractivity contribution in [3.05, 3.63) is 65.5 Å². The van der Waals surface area contributed by atoms with Gasteiger partial charge in [-0.2, -0.15) is 0 Å². The molecule has 2 aromatic rings. The quantitative estimate of drug-likeness (QED) is 0.878. The molecule has 0 aromatic heterocycles. The van der Waals surface area contributed by atoms with Gasteiger partial charge < -0.3 is 15.4 Å². The maximum absolute atomic E-state index is 12.9. The van der Waals surface area contributed by atoms with Crippen molar-refractivity contribution in [3.8, 4) is 0 Å². The van der Waals surface area contributed by atoms with E-state index in [2.05, 4.69) is 10.6 Å². The summed E-state index contributed by atoms with van der Waals surface area (Å²) in [6.45, 7) is 1.22. The monoisotopic (exact) mass is 342 g/mol. The molecule has 1 atom stereocenters. The maximum atomic E-state index is 12.9. The van der Waals surface area contributed by atoms with Crippen LogP contribution < -0.4 is 10.6 Å². The molecule has 130 valence electrons. The second-order valence-corrected chi connectivity index (χ2v) is 5.89. The van der Waals surface area contributed by atoms with Gasteiger partial charge in [-0.1, -0.05) is 6.07 Å². The van der Waals surface area contributed by atoms with Crippen molar-refractivity contribution in [3.63, 3.8) is 0 Å². The van der Waals surface area contributed by atoms with Gasteiger partial charge in [0.25, 0.3) is 11.8 Å². The number of benzene rings is 2. The van der Waals surface area contributed by atoms with Gasteiger partial charge in [-0.3, -0.25) is 9.59 Å². The predicted octanol–water partition coefficient (Wildman–Crippen LogP) is 2.99. The molecule has 0 aliphatic carbocycles. The number of rotatable bonds is 5. The van der Waals surface area contributed by atoms with Crippen molar-refractivity contribution in [2.45, 2.75) is 18.9 Å². The molecule has 0 unspecified atom stereocenters. The van der Waals surface area contributed by atoms with E-state index in [0.717, 1.165) is 19.4 Å². The van der Waals surface area contributed by atoms with E-state index in [1.165, 1.54) is 24.3 Å². The lowest BCUT2D eigenvalue weighted by molar-refractivity contribution is 0.0857. The first-order chi connectivity index (χ1) is 12.1. The van der Waals surface area contributed by atoms with Crippen molar-refractivity contribution in [1.29, 1.82) is 0 Å². The summed E-state index contributed by atoms with van der Waals surface area (Å²) in [4.78, 5) is 24.4. The van der Waals surface area contributed by atoms with Crippen molar-refractivity contribution in [2.75, 3.05) is 18.5 Å². The Balaban J connectivity index is 1.61. The van der Waals surface area contributed by atoms with Crippen LogP contribution in [0.4, 0.5) is 10.1 Å². The summed E-state index contributed by atoms with van der Waals surface area (Å²) in [6, 6.07) is 11.9. The summed E-state index contributed by atoms with van der Waals surface area (Å²) in [5.41, 5.74) is 1.30. The fraction of sp³-hybridized carbons (Fsp3) is 0.263. The molecule has 0 spiro atoms. The Labute approximate surface area is 145 Å². The Morgan fingerprint density at radius 2 is 1.88 bits per heavy atom. The van der Waals surface area contributed by atoms with Crippen molar-refractivity contribution in [1.82, 2.24) is 5.32 Å². The molecule has 2 amide bonds. The molecule has 6 heteroatoms. The summed E-state index contributed by atoms with van der Waals surface area (Å²) < 4.78 is 18.4. The fourth-order valence-corrected chi connectivity index (χ4v) is 2.66. The van der Waals surface area contributed by atoms with E-state index >= 15 is 0 Å². The van der Waals surface area contributed by atoms with Gasteiger partial charge in [-0.15, -0.1) is 0 Å². The van der Waals surface area contributed by atoms with E-state index in [1.807, 2.05) is 0 Å². The highest BCUT2D eigenvalue weighted by Gasteiger charge is 2.17. The molecule has 1 aliphatic rings. The second-order valence-electron chi connectivity index (χ2n) is 5.89. The minimum atomic E-state index is -0.401. The Morgan fingerprint density at radius 1 is 1.08 bits per heavy atom. The molecule has 2 aromatic carbocycles. The highest BCUT2D eigenvalue weighted by molar-refractivity contribution is 6.05. The minimum absolute atomic E-state index is 0.0744. The van der Waals surface area contributed by atoms with Gasteiger partial charge in [0.1, 0.15) is 5.82 Å². The minimum Gasteiger partial charge on any atom is -0.376 e. The van der Waals surface area contributed by atoms with Crippen LogP contribution in [-0.2, 0) is 4.74 Å². The molecule has 0 bridgehead atoms. The van der Waals surface area contributed by atoms with E-state index in [4.69, 9.17) is 4.74 Å². The average Bonchev–Trinajstić information content (AvgIpc) is 3.14. The molecule has 25 heavy (non-hydrogen) atoms. The number of nitrogens with one attached hydrogen (secondary N) is 2. The summed E-state index contributed by atoms with van der Waals surface area (Å²) in [5, 5.41) is 5.55. The van der Waals surface area contributed by atoms with Crippen molar-refractivity contribution in [2.24, 2.45) is 0 Å². The van der Waals surface area contributed by atoms with Gasteiger partial charge in [0.2, 0.25) is 0 Å². The van der Waals surface area contributed by atoms with Crippen LogP contribution in [0.25, 0.3) is 0 Å². The topological polar surface area (TPSA) is 67.4 Å². The third-order valence-corrected chi connectivity index (χ3v) is 4.00. The summed E-state index contributed by atoms with van der Waals surface area (Å²) in [7, 11) is 0. The first-order valence-corrected chi connectivity index (χ1v) is 8.18. The largest absolute Gasteiger partial charge is 0.376 e. The number of hydrogen-bond donors (Lipinski definition) is 2. The Bertz CT molecular complexity index is 756. The number of ether oxygens (including phenoxy) is 1. The second kappa shape index (κ2) is 7.90. The smallest absolute Gasteiger partial charge is 0.255 e. The highest BCUT2D eigenvalue weighted by atomic mass is 19.1. The van der Waals surface area contributed by atoms with Gasteiger partial charge in [-0.25, -0.2) is 4.39 Å². The van der Waals surface area contributed by atoms with Gasteiger partial charge in [0.05, 0.1) is 6.10 Å². The molecule has 0 saturated carbocycles. The summed E-state index contributed by atoms with van der Waals surface area (Å²) in [6.07, 6.45) is 2.05. The Kier molecular flexibility index (Phi) is 5.40. The van der Waals surface area contributed by atoms with Crippen LogP contribution in [0.1, 0.15) is 33.6 Å². The average molecular weight is 342 g/mol. The van der Waals surface area contributed by atoms with Crippen LogP contribution >= 0.6 is 0 Å². The SMILES string of the molecule is O=C(NC[C@@H]1CCCO1)c1cccc(NC(=O)c2ccc(F)cc2)c1. The molecule has 0 radical (unpaired) electrons. The van der Waals surface area contributed by atoms with Crippen LogP contribution in [0.5, 0.6) is 0 Å². The van der Waals surface area contributed by atoms with Gasteiger partial charge in [0.15, 0.2) is 0 Å². The van der Waals surface area contributed by atoms with Gasteiger partial charge in [-0.05, 0) is 55.3 Å². The Hall–Kier alpha value is -2.73. The lowest BCUT2D eigenvalue weighted by atomic mass is 10.1. The van der Waals surface area contributed by atoms with Crippen LogP contribution in [0.2, 0.25) is 0 Å². The zero-order valence-electron chi connectivity index (χ0n) is 13.6. The lowest BCUT2D eigenvalue weighted by Gasteiger charge is -2.11. The molecule has 1 heterocycles. The fourth-order valence-electron chi connectivity index (χ4n) is 2.66. The van der Waals surface area contributed by atoms with Crippen LogP contribution in [0.3, 0.4) is 0 Å². The zero-order chi connectivity index (χ0) is 17.6. The van der Waals surface area contributed by atoms with Crippen LogP contribution in [-0.4, -0.2) is 31.1 Å². The molecule has 3 rings (SSSR count). The number of carbonyl (C=O) groups is 2. The van der Waals surface area contributed by atoms with E-state index in [0.29, 0.717) is 23.4 Å². The highest BCUT2D eigenvalue weighted by Crippen LogP contribution is 2.14. The van der Waals surface area contributed by atoms with E-state index < -0.39 is 5.82 Å². The molecular weight excluding hydrogens is 323 g/mol. The number of halogens is 1. The van der Waals surface area contributed by atoms with Gasteiger partial charge >= 0.3 is 0 Å². The third kappa shape index (κ3) is 4.64. The van der Waals surface area contributed by atoms with E-state index in [9.17, 15) is 14.0 Å². The van der Waals surface area contributed by atoms with Crippen LogP contribution in [0, 0.1) is 5.82 Å². The number of hydrogen-bond acceptors (Lipinski definition) is 3. The number of carbonyl (C=O) groups excluding carboxylic acids is 2. The number of anilines is 1. The predicted molar refractivity (Wildman–Crippen MR) is 92.1 cm³/mol.